The molecule has 1 heterocycles. The Hall–Kier alpha value is -1.63. The van der Waals surface area contributed by atoms with E-state index >= 15 is 0 Å². The van der Waals surface area contributed by atoms with E-state index in [4.69, 9.17) is 10.5 Å². The zero-order valence-corrected chi connectivity index (χ0v) is 15.0. The van der Waals surface area contributed by atoms with Gasteiger partial charge in [-0.3, -0.25) is 9.59 Å². The van der Waals surface area contributed by atoms with Gasteiger partial charge >= 0.3 is 0 Å². The number of hydrogen-bond acceptors (Lipinski definition) is 4. The highest BCUT2D eigenvalue weighted by atomic mass is 35.5. The van der Waals surface area contributed by atoms with E-state index in [2.05, 4.69) is 5.32 Å². The second-order valence-electron chi connectivity index (χ2n) is 6.03. The van der Waals surface area contributed by atoms with Crippen LogP contribution in [0.4, 0.5) is 0 Å². The lowest BCUT2D eigenvalue weighted by atomic mass is 9.79. The van der Waals surface area contributed by atoms with Gasteiger partial charge in [-0.05, 0) is 30.5 Å². The van der Waals surface area contributed by atoms with Crippen molar-refractivity contribution in [2.24, 2.45) is 11.1 Å². The largest absolute Gasteiger partial charge is 0.381 e. The summed E-state index contributed by atoms with van der Waals surface area (Å²) in [6, 6.07) is 7.26. The zero-order chi connectivity index (χ0) is 16.9. The molecule has 1 aliphatic rings. The second kappa shape index (κ2) is 9.01. The van der Waals surface area contributed by atoms with Crippen molar-refractivity contribution < 1.29 is 14.3 Å². The van der Waals surface area contributed by atoms with Crippen molar-refractivity contribution in [1.29, 1.82) is 0 Å². The monoisotopic (exact) mass is 355 g/mol. The van der Waals surface area contributed by atoms with E-state index in [9.17, 15) is 9.59 Å². The minimum atomic E-state index is -0.505. The van der Waals surface area contributed by atoms with Crippen molar-refractivity contribution in [2.45, 2.75) is 19.4 Å². The molecular formula is C17H26ClN3O3. The molecule has 0 atom stereocenters. The molecule has 0 bridgehead atoms. The minimum Gasteiger partial charge on any atom is -0.381 e. The quantitative estimate of drug-likeness (QED) is 0.830. The molecule has 0 aromatic heterocycles. The van der Waals surface area contributed by atoms with E-state index < -0.39 is 5.41 Å². The molecule has 0 unspecified atom stereocenters. The van der Waals surface area contributed by atoms with Crippen molar-refractivity contribution in [2.75, 3.05) is 33.9 Å². The third kappa shape index (κ3) is 4.47. The molecular weight excluding hydrogens is 330 g/mol. The predicted molar refractivity (Wildman–Crippen MR) is 95.1 cm³/mol. The van der Waals surface area contributed by atoms with Gasteiger partial charge in [-0.25, -0.2) is 0 Å². The van der Waals surface area contributed by atoms with Crippen molar-refractivity contribution in [3.8, 4) is 0 Å². The highest BCUT2D eigenvalue weighted by Crippen LogP contribution is 2.31. The molecule has 1 aromatic carbocycles. The number of carbonyl (C=O) groups is 2. The van der Waals surface area contributed by atoms with Gasteiger partial charge < -0.3 is 20.7 Å². The number of amides is 2. The summed E-state index contributed by atoms with van der Waals surface area (Å²) in [5.74, 6) is -0.0519. The van der Waals surface area contributed by atoms with Crippen LogP contribution >= 0.6 is 12.4 Å². The molecule has 3 N–H and O–H groups in total. The van der Waals surface area contributed by atoms with Gasteiger partial charge in [-0.2, -0.15) is 0 Å². The number of ether oxygens (including phenoxy) is 1. The van der Waals surface area contributed by atoms with Gasteiger partial charge in [0.2, 0.25) is 5.91 Å². The van der Waals surface area contributed by atoms with Gasteiger partial charge in [-0.15, -0.1) is 12.4 Å². The van der Waals surface area contributed by atoms with Crippen molar-refractivity contribution >= 4 is 24.2 Å². The maximum absolute atomic E-state index is 12.8. The normalized spacial score (nSPS) is 16.0. The maximum atomic E-state index is 12.8. The summed E-state index contributed by atoms with van der Waals surface area (Å²) < 4.78 is 5.36. The van der Waals surface area contributed by atoms with Gasteiger partial charge in [0, 0.05) is 46.0 Å². The van der Waals surface area contributed by atoms with Crippen LogP contribution in [-0.2, 0) is 16.1 Å². The van der Waals surface area contributed by atoms with Gasteiger partial charge in [0.25, 0.3) is 5.91 Å². The fourth-order valence-corrected chi connectivity index (χ4v) is 2.92. The standard InChI is InChI=1S/C17H25N3O3.ClH/c1-19-15(21)14-5-3-13(4-6-14)11-20(2)16(22)17(12-18)7-9-23-10-8-17;/h3-6H,7-12,18H2,1-2H3,(H,19,21);1H. The smallest absolute Gasteiger partial charge is 0.251 e. The average molecular weight is 356 g/mol. The Morgan fingerprint density at radius 3 is 2.33 bits per heavy atom. The van der Waals surface area contributed by atoms with Crippen LogP contribution < -0.4 is 11.1 Å². The Bertz CT molecular complexity index is 557. The Morgan fingerprint density at radius 2 is 1.83 bits per heavy atom. The SMILES string of the molecule is CNC(=O)c1ccc(CN(C)C(=O)C2(CN)CCOCC2)cc1.Cl. The number of hydrogen-bond donors (Lipinski definition) is 2. The van der Waals surface area contributed by atoms with Gasteiger partial charge in [0.05, 0.1) is 5.41 Å². The molecule has 2 amide bonds. The predicted octanol–water partition coefficient (Wildman–Crippen LogP) is 1.18. The fraction of sp³-hybridized carbons (Fsp3) is 0.529. The molecule has 6 nitrogen and oxygen atoms in total. The number of halogens is 1. The van der Waals surface area contributed by atoms with E-state index in [0.29, 0.717) is 44.7 Å². The number of nitrogens with one attached hydrogen (secondary N) is 1. The van der Waals surface area contributed by atoms with E-state index in [1.807, 2.05) is 12.1 Å². The number of nitrogens with two attached hydrogens (primary N) is 1. The summed E-state index contributed by atoms with van der Waals surface area (Å²) in [5.41, 5.74) is 6.97. The Kier molecular flexibility index (Phi) is 7.66. The lowest BCUT2D eigenvalue weighted by Crippen LogP contribution is -2.49. The van der Waals surface area contributed by atoms with E-state index in [1.165, 1.54) is 0 Å². The fourth-order valence-electron chi connectivity index (χ4n) is 2.92. The maximum Gasteiger partial charge on any atom is 0.251 e. The topological polar surface area (TPSA) is 84.7 Å². The molecule has 2 rings (SSSR count). The molecule has 0 aliphatic carbocycles. The molecule has 7 heteroatoms. The third-order valence-corrected chi connectivity index (χ3v) is 4.50. The lowest BCUT2D eigenvalue weighted by Gasteiger charge is -2.37. The number of benzene rings is 1. The van der Waals surface area contributed by atoms with E-state index in [-0.39, 0.29) is 24.2 Å². The number of rotatable bonds is 5. The molecule has 24 heavy (non-hydrogen) atoms. The minimum absolute atomic E-state index is 0. The highest BCUT2D eigenvalue weighted by molar-refractivity contribution is 5.94. The van der Waals surface area contributed by atoms with Crippen molar-refractivity contribution in [3.63, 3.8) is 0 Å². The van der Waals surface area contributed by atoms with E-state index in [0.717, 1.165) is 5.56 Å². The summed E-state index contributed by atoms with van der Waals surface area (Å²) in [6.07, 6.45) is 1.34. The first-order valence-corrected chi connectivity index (χ1v) is 7.87. The summed E-state index contributed by atoms with van der Waals surface area (Å²) >= 11 is 0. The first-order valence-electron chi connectivity index (χ1n) is 7.87. The van der Waals surface area contributed by atoms with Gasteiger partial charge in [-0.1, -0.05) is 12.1 Å². The average Bonchev–Trinajstić information content (AvgIpc) is 2.61. The zero-order valence-electron chi connectivity index (χ0n) is 14.2. The van der Waals surface area contributed by atoms with Crippen LogP contribution in [0.1, 0.15) is 28.8 Å². The molecule has 0 saturated carbocycles. The molecule has 1 aliphatic heterocycles. The highest BCUT2D eigenvalue weighted by Gasteiger charge is 2.40. The van der Waals surface area contributed by atoms with Crippen molar-refractivity contribution in [3.05, 3.63) is 35.4 Å². The molecule has 1 saturated heterocycles. The number of carbonyl (C=O) groups excluding carboxylic acids is 2. The van der Waals surface area contributed by atoms with Crippen LogP contribution in [0.2, 0.25) is 0 Å². The molecule has 134 valence electrons. The summed E-state index contributed by atoms with van der Waals surface area (Å²) in [6.45, 7) is 2.00. The first-order chi connectivity index (χ1) is 11.0. The summed E-state index contributed by atoms with van der Waals surface area (Å²) in [7, 11) is 3.39. The lowest BCUT2D eigenvalue weighted by molar-refractivity contribution is -0.146. The summed E-state index contributed by atoms with van der Waals surface area (Å²) in [5, 5.41) is 2.59. The number of nitrogens with zero attached hydrogens (tertiary/aromatic N) is 1. The van der Waals surface area contributed by atoms with Gasteiger partial charge in [0.15, 0.2) is 0 Å². The Labute approximate surface area is 149 Å². The van der Waals surface area contributed by atoms with Crippen LogP contribution in [0, 0.1) is 5.41 Å². The molecule has 1 aromatic rings. The van der Waals surface area contributed by atoms with Crippen molar-refractivity contribution in [1.82, 2.24) is 10.2 Å². The van der Waals surface area contributed by atoms with Crippen LogP contribution in [-0.4, -0.2) is 50.6 Å². The Balaban J connectivity index is 0.00000288. The molecule has 1 fully saturated rings. The molecule has 0 radical (unpaired) electrons. The third-order valence-electron chi connectivity index (χ3n) is 4.50. The van der Waals surface area contributed by atoms with E-state index in [1.54, 1.807) is 31.1 Å². The Morgan fingerprint density at radius 1 is 1.25 bits per heavy atom. The second-order valence-corrected chi connectivity index (χ2v) is 6.03. The van der Waals surface area contributed by atoms with Crippen LogP contribution in [0.3, 0.4) is 0 Å². The van der Waals surface area contributed by atoms with Crippen LogP contribution in [0.5, 0.6) is 0 Å². The summed E-state index contributed by atoms with van der Waals surface area (Å²) in [4.78, 5) is 26.1. The van der Waals surface area contributed by atoms with Crippen LogP contribution in [0.25, 0.3) is 0 Å². The first kappa shape index (κ1) is 20.4. The van der Waals surface area contributed by atoms with Gasteiger partial charge in [0.1, 0.15) is 0 Å². The molecule has 0 spiro atoms. The van der Waals surface area contributed by atoms with Crippen LogP contribution in [0.15, 0.2) is 24.3 Å².